The van der Waals surface area contributed by atoms with Crippen LogP contribution in [0.25, 0.3) is 0 Å². The fourth-order valence-corrected chi connectivity index (χ4v) is 2.58. The summed E-state index contributed by atoms with van der Waals surface area (Å²) in [4.78, 5) is 11.7. The van der Waals surface area contributed by atoms with E-state index in [1.165, 1.54) is 11.3 Å². The summed E-state index contributed by atoms with van der Waals surface area (Å²) in [5.74, 6) is 0.703. The van der Waals surface area contributed by atoms with E-state index < -0.39 is 6.04 Å². The molecule has 0 radical (unpaired) electrons. The smallest absolute Gasteiger partial charge is 0.243 e. The van der Waals surface area contributed by atoms with Crippen LogP contribution >= 0.6 is 35.5 Å². The number of thioether (sulfide) groups is 1. The SMILES string of the molecule is CCCCc1nnc(NC(=O)C(N)CCSC)s1.Cl. The largest absolute Gasteiger partial charge is 0.320 e. The highest BCUT2D eigenvalue weighted by molar-refractivity contribution is 7.98. The Labute approximate surface area is 128 Å². The van der Waals surface area contributed by atoms with Crippen molar-refractivity contribution >= 4 is 46.5 Å². The van der Waals surface area contributed by atoms with Crippen LogP contribution in [0.3, 0.4) is 0 Å². The summed E-state index contributed by atoms with van der Waals surface area (Å²) in [6.45, 7) is 2.13. The van der Waals surface area contributed by atoms with Crippen molar-refractivity contribution in [2.45, 2.75) is 38.6 Å². The number of unbranched alkanes of at least 4 members (excludes halogenated alkanes) is 1. The Morgan fingerprint density at radius 3 is 2.89 bits per heavy atom. The highest BCUT2D eigenvalue weighted by atomic mass is 35.5. The molecule has 0 saturated heterocycles. The number of carbonyl (C=O) groups is 1. The minimum Gasteiger partial charge on any atom is -0.320 e. The first kappa shape index (κ1) is 18.6. The molecule has 1 atom stereocenters. The number of nitrogens with two attached hydrogens (primary N) is 1. The molecule has 0 aliphatic heterocycles. The molecule has 0 aliphatic rings. The van der Waals surface area contributed by atoms with E-state index in [4.69, 9.17) is 5.73 Å². The predicted octanol–water partition coefficient (Wildman–Crippen LogP) is 2.32. The number of carbonyl (C=O) groups excluding carboxylic acids is 1. The molecule has 110 valence electrons. The number of nitrogens with zero attached hydrogens (tertiary/aromatic N) is 2. The monoisotopic (exact) mass is 324 g/mol. The van der Waals surface area contributed by atoms with Crippen LogP contribution in [-0.2, 0) is 11.2 Å². The first-order valence-corrected chi connectivity index (χ1v) is 8.26. The van der Waals surface area contributed by atoms with Gasteiger partial charge in [-0.1, -0.05) is 24.7 Å². The molecule has 1 rings (SSSR count). The molecule has 1 heterocycles. The molecular formula is C11H21ClN4OS2. The van der Waals surface area contributed by atoms with Crippen molar-refractivity contribution in [3.8, 4) is 0 Å². The van der Waals surface area contributed by atoms with Crippen LogP contribution < -0.4 is 11.1 Å². The number of nitrogens with one attached hydrogen (secondary N) is 1. The van der Waals surface area contributed by atoms with E-state index in [0.717, 1.165) is 30.0 Å². The van der Waals surface area contributed by atoms with Gasteiger partial charge in [0.05, 0.1) is 6.04 Å². The minimum absolute atomic E-state index is 0. The molecule has 3 N–H and O–H groups in total. The van der Waals surface area contributed by atoms with Gasteiger partial charge >= 0.3 is 0 Å². The van der Waals surface area contributed by atoms with E-state index in [1.807, 2.05) is 6.26 Å². The molecule has 1 amide bonds. The van der Waals surface area contributed by atoms with Crippen LogP contribution in [0, 0.1) is 0 Å². The molecule has 8 heteroatoms. The number of anilines is 1. The molecule has 0 aliphatic carbocycles. The maximum atomic E-state index is 11.7. The Kier molecular flexibility index (Phi) is 10.2. The second kappa shape index (κ2) is 10.4. The lowest BCUT2D eigenvalue weighted by Gasteiger charge is -2.08. The van der Waals surface area contributed by atoms with E-state index in [9.17, 15) is 4.79 Å². The summed E-state index contributed by atoms with van der Waals surface area (Å²) in [7, 11) is 0. The third-order valence-corrected chi connectivity index (χ3v) is 3.95. The maximum absolute atomic E-state index is 11.7. The molecule has 0 aromatic carbocycles. The van der Waals surface area contributed by atoms with E-state index in [2.05, 4.69) is 22.4 Å². The van der Waals surface area contributed by atoms with Crippen molar-refractivity contribution in [2.24, 2.45) is 5.73 Å². The summed E-state index contributed by atoms with van der Waals surface area (Å²) in [6, 6.07) is -0.472. The van der Waals surface area contributed by atoms with E-state index in [-0.39, 0.29) is 18.3 Å². The van der Waals surface area contributed by atoms with Gasteiger partial charge < -0.3 is 5.73 Å². The summed E-state index contributed by atoms with van der Waals surface area (Å²) in [6.07, 6.45) is 5.81. The molecule has 1 aromatic heterocycles. The normalized spacial score (nSPS) is 11.7. The van der Waals surface area contributed by atoms with Gasteiger partial charge in [-0.2, -0.15) is 11.8 Å². The molecule has 1 unspecified atom stereocenters. The van der Waals surface area contributed by atoms with Gasteiger partial charge in [0.15, 0.2) is 0 Å². The van der Waals surface area contributed by atoms with Crippen LogP contribution in [0.15, 0.2) is 0 Å². The lowest BCUT2D eigenvalue weighted by atomic mass is 10.2. The Morgan fingerprint density at radius 2 is 2.26 bits per heavy atom. The second-order valence-corrected chi connectivity index (χ2v) is 6.03. The summed E-state index contributed by atoms with van der Waals surface area (Å²) >= 11 is 3.11. The molecular weight excluding hydrogens is 304 g/mol. The number of hydrogen-bond acceptors (Lipinski definition) is 6. The van der Waals surface area contributed by atoms with E-state index in [1.54, 1.807) is 11.8 Å². The van der Waals surface area contributed by atoms with Crippen molar-refractivity contribution in [1.82, 2.24) is 10.2 Å². The van der Waals surface area contributed by atoms with Crippen molar-refractivity contribution < 1.29 is 4.79 Å². The molecule has 1 aromatic rings. The second-order valence-electron chi connectivity index (χ2n) is 3.98. The summed E-state index contributed by atoms with van der Waals surface area (Å²) < 4.78 is 0. The molecule has 5 nitrogen and oxygen atoms in total. The first-order valence-electron chi connectivity index (χ1n) is 6.05. The van der Waals surface area contributed by atoms with Gasteiger partial charge in [-0.3, -0.25) is 10.1 Å². The van der Waals surface area contributed by atoms with E-state index >= 15 is 0 Å². The molecule has 19 heavy (non-hydrogen) atoms. The van der Waals surface area contributed by atoms with Crippen LogP contribution in [-0.4, -0.2) is 34.2 Å². The maximum Gasteiger partial charge on any atom is 0.243 e. The Hall–Kier alpha value is -0.370. The zero-order valence-corrected chi connectivity index (χ0v) is 13.7. The summed E-state index contributed by atoms with van der Waals surface area (Å²) in [5.41, 5.74) is 5.77. The van der Waals surface area contributed by atoms with Gasteiger partial charge in [-0.15, -0.1) is 22.6 Å². The minimum atomic E-state index is -0.472. The average molecular weight is 325 g/mol. The van der Waals surface area contributed by atoms with Crippen LogP contribution in [0.1, 0.15) is 31.2 Å². The molecule has 0 bridgehead atoms. The number of aryl methyl sites for hydroxylation is 1. The lowest BCUT2D eigenvalue weighted by Crippen LogP contribution is -2.36. The number of hydrogen-bond donors (Lipinski definition) is 2. The van der Waals surface area contributed by atoms with Crippen molar-refractivity contribution in [3.05, 3.63) is 5.01 Å². The average Bonchev–Trinajstić information content (AvgIpc) is 2.80. The van der Waals surface area contributed by atoms with Gasteiger partial charge in [0, 0.05) is 6.42 Å². The van der Waals surface area contributed by atoms with Crippen molar-refractivity contribution in [1.29, 1.82) is 0 Å². The van der Waals surface area contributed by atoms with Crippen LogP contribution in [0.2, 0.25) is 0 Å². The van der Waals surface area contributed by atoms with Gasteiger partial charge in [0.2, 0.25) is 11.0 Å². The highest BCUT2D eigenvalue weighted by Gasteiger charge is 2.15. The molecule has 0 fully saturated rings. The zero-order valence-electron chi connectivity index (χ0n) is 11.2. The predicted molar refractivity (Wildman–Crippen MR) is 85.4 cm³/mol. The van der Waals surface area contributed by atoms with Gasteiger partial charge in [0.25, 0.3) is 0 Å². The fourth-order valence-electron chi connectivity index (χ4n) is 1.31. The standard InChI is InChI=1S/C11H20N4OS2.ClH/c1-3-4-5-9-14-15-11(18-9)13-10(16)8(12)6-7-17-2;/h8H,3-7,12H2,1-2H3,(H,13,15,16);1H. The van der Waals surface area contributed by atoms with Gasteiger partial charge in [-0.25, -0.2) is 0 Å². The zero-order chi connectivity index (χ0) is 13.4. The number of aromatic nitrogens is 2. The molecule has 0 saturated carbocycles. The molecule has 0 spiro atoms. The first-order chi connectivity index (χ1) is 8.67. The third-order valence-electron chi connectivity index (χ3n) is 2.41. The highest BCUT2D eigenvalue weighted by Crippen LogP contribution is 2.17. The number of amides is 1. The van der Waals surface area contributed by atoms with Crippen molar-refractivity contribution in [3.63, 3.8) is 0 Å². The van der Waals surface area contributed by atoms with E-state index in [0.29, 0.717) is 11.6 Å². The Bertz CT molecular complexity index is 375. The topological polar surface area (TPSA) is 80.9 Å². The summed E-state index contributed by atoms with van der Waals surface area (Å²) in [5, 5.41) is 12.2. The Balaban J connectivity index is 0.00000324. The van der Waals surface area contributed by atoms with Gasteiger partial charge in [-0.05, 0) is 24.9 Å². The Morgan fingerprint density at radius 1 is 1.53 bits per heavy atom. The van der Waals surface area contributed by atoms with Crippen LogP contribution in [0.4, 0.5) is 5.13 Å². The third kappa shape index (κ3) is 7.10. The van der Waals surface area contributed by atoms with Crippen LogP contribution in [0.5, 0.6) is 0 Å². The lowest BCUT2D eigenvalue weighted by molar-refractivity contribution is -0.117. The number of halogens is 1. The van der Waals surface area contributed by atoms with Gasteiger partial charge in [0.1, 0.15) is 5.01 Å². The quantitative estimate of drug-likeness (QED) is 0.767. The fraction of sp³-hybridized carbons (Fsp3) is 0.727. The van der Waals surface area contributed by atoms with Crippen molar-refractivity contribution in [2.75, 3.05) is 17.3 Å². The number of rotatable bonds is 8.